The molecule has 2 unspecified atom stereocenters. The molecule has 9 nitrogen and oxygen atoms in total. The van der Waals surface area contributed by atoms with Crippen molar-refractivity contribution in [2.24, 2.45) is 5.92 Å². The average molecular weight is 596 g/mol. The largest absolute Gasteiger partial charge is 0.494 e. The summed E-state index contributed by atoms with van der Waals surface area (Å²) in [4.78, 5) is 46.2. The minimum atomic E-state index is -4.11. The molecule has 2 aromatic rings. The van der Waals surface area contributed by atoms with Gasteiger partial charge in [-0.2, -0.15) is 0 Å². The van der Waals surface area contributed by atoms with Crippen LogP contribution in [-0.4, -0.2) is 61.3 Å². The molecule has 3 aliphatic heterocycles. The maximum Gasteiger partial charge on any atom is 0.228 e. The van der Waals surface area contributed by atoms with Gasteiger partial charge >= 0.3 is 0 Å². The SMILES string of the molecule is CCOc1ccc(Cl)cc1CC1CN2C(=O)CC2(S(=O)(=O)c2ccc(Cl)cc2)C1=O.O=C1CCNC(=O)CC1. The number of fused-ring (bicyclic) bond motifs is 1. The predicted molar refractivity (Wildman–Crippen MR) is 144 cm³/mol. The molecule has 12 heteroatoms. The number of carbonyl (C=O) groups excluding carboxylic acids is 4. The van der Waals surface area contributed by atoms with E-state index in [2.05, 4.69) is 5.32 Å². The lowest BCUT2D eigenvalue weighted by molar-refractivity contribution is -0.150. The predicted octanol–water partition coefficient (Wildman–Crippen LogP) is 3.39. The van der Waals surface area contributed by atoms with Crippen LogP contribution in [0.1, 0.15) is 38.2 Å². The van der Waals surface area contributed by atoms with E-state index in [9.17, 15) is 27.6 Å². The number of sulfone groups is 1. The van der Waals surface area contributed by atoms with Crippen LogP contribution in [0.2, 0.25) is 10.0 Å². The van der Waals surface area contributed by atoms with Gasteiger partial charge in [-0.3, -0.25) is 19.2 Å². The molecule has 3 saturated heterocycles. The van der Waals surface area contributed by atoms with Gasteiger partial charge in [-0.15, -0.1) is 0 Å². The summed E-state index contributed by atoms with van der Waals surface area (Å²) in [5.41, 5.74) is 0.705. The highest BCUT2D eigenvalue weighted by atomic mass is 35.5. The third-order valence-corrected chi connectivity index (χ3v) is 9.84. The maximum absolute atomic E-state index is 13.4. The number of hydrogen-bond donors (Lipinski definition) is 1. The Hall–Kier alpha value is -2.95. The quantitative estimate of drug-likeness (QED) is 0.508. The Morgan fingerprint density at radius 3 is 2.36 bits per heavy atom. The summed E-state index contributed by atoms with van der Waals surface area (Å²) in [6.07, 6.45) is 1.19. The molecule has 3 fully saturated rings. The number of ether oxygens (including phenoxy) is 1. The molecule has 39 heavy (non-hydrogen) atoms. The van der Waals surface area contributed by atoms with E-state index in [0.717, 1.165) is 0 Å². The number of Topliss-reactive ketones (excluding diaryl/α,β-unsaturated/α-hetero) is 2. The van der Waals surface area contributed by atoms with Crippen molar-refractivity contribution in [3.63, 3.8) is 0 Å². The van der Waals surface area contributed by atoms with E-state index < -0.39 is 26.4 Å². The van der Waals surface area contributed by atoms with Gasteiger partial charge in [0, 0.05) is 48.3 Å². The van der Waals surface area contributed by atoms with Crippen LogP contribution < -0.4 is 10.1 Å². The molecule has 0 radical (unpaired) electrons. The fourth-order valence-electron chi connectivity index (χ4n) is 5.01. The first kappa shape index (κ1) is 29.0. The third-order valence-electron chi connectivity index (χ3n) is 7.00. The van der Waals surface area contributed by atoms with E-state index in [1.54, 1.807) is 18.2 Å². The zero-order valence-electron chi connectivity index (χ0n) is 21.2. The normalized spacial score (nSPS) is 22.7. The van der Waals surface area contributed by atoms with Crippen LogP contribution in [0.25, 0.3) is 0 Å². The number of β-lactam (4-membered cyclic amide) rings is 1. The smallest absolute Gasteiger partial charge is 0.228 e. The van der Waals surface area contributed by atoms with Gasteiger partial charge in [-0.1, -0.05) is 23.2 Å². The van der Waals surface area contributed by atoms with Crippen LogP contribution in [0, 0.1) is 5.92 Å². The number of carbonyl (C=O) groups is 4. The second-order valence-electron chi connectivity index (χ2n) is 9.51. The Bertz CT molecular complexity index is 1400. The van der Waals surface area contributed by atoms with Gasteiger partial charge in [0.15, 0.2) is 5.78 Å². The van der Waals surface area contributed by atoms with Gasteiger partial charge in [-0.25, -0.2) is 8.42 Å². The highest BCUT2D eigenvalue weighted by Gasteiger charge is 2.70. The molecule has 5 rings (SSSR count). The zero-order valence-corrected chi connectivity index (χ0v) is 23.6. The van der Waals surface area contributed by atoms with Crippen LogP contribution in [0.4, 0.5) is 0 Å². The molecule has 208 valence electrons. The number of benzene rings is 2. The minimum absolute atomic E-state index is 0.000787. The molecule has 2 atom stereocenters. The summed E-state index contributed by atoms with van der Waals surface area (Å²) in [6, 6.07) is 10.7. The molecule has 0 spiro atoms. The van der Waals surface area contributed by atoms with Gasteiger partial charge in [0.2, 0.25) is 26.5 Å². The molecule has 3 heterocycles. The van der Waals surface area contributed by atoms with E-state index >= 15 is 0 Å². The summed E-state index contributed by atoms with van der Waals surface area (Å²) in [7, 11) is -4.11. The molecule has 2 amide bonds. The molecule has 0 saturated carbocycles. The highest BCUT2D eigenvalue weighted by Crippen LogP contribution is 2.49. The van der Waals surface area contributed by atoms with E-state index in [1.165, 1.54) is 29.2 Å². The maximum atomic E-state index is 13.4. The van der Waals surface area contributed by atoms with Crippen molar-refractivity contribution < 1.29 is 32.3 Å². The number of nitrogens with one attached hydrogen (secondary N) is 1. The second-order valence-corrected chi connectivity index (χ2v) is 12.5. The van der Waals surface area contributed by atoms with Crippen molar-refractivity contribution in [3.05, 3.63) is 58.1 Å². The molecular formula is C27H28Cl2N2O7S. The van der Waals surface area contributed by atoms with Crippen LogP contribution in [0.15, 0.2) is 47.4 Å². The summed E-state index contributed by atoms with van der Waals surface area (Å²) in [6.45, 7) is 2.85. The second kappa shape index (κ2) is 11.7. The molecule has 3 aliphatic rings. The summed E-state index contributed by atoms with van der Waals surface area (Å²) < 4.78 is 32.4. The Morgan fingerprint density at radius 2 is 1.69 bits per heavy atom. The first-order chi connectivity index (χ1) is 18.5. The van der Waals surface area contributed by atoms with Crippen LogP contribution in [0.3, 0.4) is 0 Å². The number of nitrogens with zero attached hydrogens (tertiary/aromatic N) is 1. The first-order valence-electron chi connectivity index (χ1n) is 12.5. The number of hydrogen-bond acceptors (Lipinski definition) is 7. The zero-order chi connectivity index (χ0) is 28.4. The summed E-state index contributed by atoms with van der Waals surface area (Å²) in [5, 5.41) is 3.49. The van der Waals surface area contributed by atoms with E-state index in [1.807, 2.05) is 6.92 Å². The Labute approximate surface area is 236 Å². The average Bonchev–Trinajstić information content (AvgIpc) is 2.98. The fourth-order valence-corrected chi connectivity index (χ4v) is 7.43. The van der Waals surface area contributed by atoms with Gasteiger partial charge < -0.3 is 15.0 Å². The van der Waals surface area contributed by atoms with Crippen molar-refractivity contribution in [1.29, 1.82) is 0 Å². The van der Waals surface area contributed by atoms with Crippen LogP contribution in [0.5, 0.6) is 5.75 Å². The number of amides is 2. The molecule has 0 aliphatic carbocycles. The van der Waals surface area contributed by atoms with E-state index in [-0.39, 0.29) is 41.9 Å². The third kappa shape index (κ3) is 5.69. The lowest BCUT2D eigenvalue weighted by Crippen LogP contribution is -2.67. The lowest BCUT2D eigenvalue weighted by atomic mass is 9.92. The molecule has 0 aromatic heterocycles. The van der Waals surface area contributed by atoms with Crippen LogP contribution in [-0.2, 0) is 35.4 Å². The topological polar surface area (TPSA) is 127 Å². The van der Waals surface area contributed by atoms with E-state index in [0.29, 0.717) is 53.8 Å². The van der Waals surface area contributed by atoms with Crippen molar-refractivity contribution in [2.45, 2.75) is 48.8 Å². The monoisotopic (exact) mass is 594 g/mol. The molecule has 2 aromatic carbocycles. The molecular weight excluding hydrogens is 567 g/mol. The first-order valence-corrected chi connectivity index (χ1v) is 14.8. The number of ketones is 2. The number of rotatable bonds is 6. The van der Waals surface area contributed by atoms with Gasteiger partial charge in [0.05, 0.1) is 17.9 Å². The van der Waals surface area contributed by atoms with Crippen molar-refractivity contribution in [1.82, 2.24) is 10.2 Å². The minimum Gasteiger partial charge on any atom is -0.494 e. The van der Waals surface area contributed by atoms with Crippen molar-refractivity contribution in [3.8, 4) is 5.75 Å². The van der Waals surface area contributed by atoms with Gasteiger partial charge in [0.25, 0.3) is 0 Å². The van der Waals surface area contributed by atoms with Crippen LogP contribution >= 0.6 is 23.2 Å². The summed E-state index contributed by atoms with van der Waals surface area (Å²) in [5.74, 6) is -0.714. The standard InChI is InChI=1S/C21H19Cl2NO5S.C6H9NO2/c1-2-29-18-8-5-16(23)10-13(18)9-14-12-24-19(25)11-21(24,20(14)26)30(27,28)17-6-3-15(22)4-7-17;8-5-1-2-6(9)7-4-3-5/h3-8,10,14H,2,9,11-12H2,1H3;1-4H2,(H,7,9). The Morgan fingerprint density at radius 1 is 1.00 bits per heavy atom. The highest BCUT2D eigenvalue weighted by molar-refractivity contribution is 7.93. The van der Waals surface area contributed by atoms with Gasteiger partial charge in [0.1, 0.15) is 11.5 Å². The lowest BCUT2D eigenvalue weighted by Gasteiger charge is -2.44. The van der Waals surface area contributed by atoms with Crippen molar-refractivity contribution in [2.75, 3.05) is 19.7 Å². The molecule has 0 bridgehead atoms. The van der Waals surface area contributed by atoms with Gasteiger partial charge in [-0.05, 0) is 61.4 Å². The number of halogens is 2. The fraction of sp³-hybridized carbons (Fsp3) is 0.407. The van der Waals surface area contributed by atoms with E-state index in [4.69, 9.17) is 27.9 Å². The Kier molecular flexibility index (Phi) is 8.68. The molecule has 1 N–H and O–H groups in total. The van der Waals surface area contributed by atoms with Crippen molar-refractivity contribution >= 4 is 56.4 Å². The Balaban J connectivity index is 0.000000333. The summed E-state index contributed by atoms with van der Waals surface area (Å²) >= 11 is 12.0.